The summed E-state index contributed by atoms with van der Waals surface area (Å²) in [6.45, 7) is 3.21. The van der Waals surface area contributed by atoms with Gasteiger partial charge in [0, 0.05) is 28.5 Å². The largest absolute Gasteiger partial charge is 0.481 e. The van der Waals surface area contributed by atoms with Crippen LogP contribution in [0.5, 0.6) is 0 Å². The Morgan fingerprint density at radius 3 is 2.33 bits per heavy atom. The Morgan fingerprint density at radius 1 is 1.11 bits per heavy atom. The molecular weight excluding hydrogens is 509 g/mol. The van der Waals surface area contributed by atoms with Gasteiger partial charge in [-0.3, -0.25) is 14.5 Å². The molecular formula is C27H30Cl2F2N2O3. The van der Waals surface area contributed by atoms with Gasteiger partial charge in [-0.1, -0.05) is 61.3 Å². The molecule has 0 bridgehead atoms. The number of carboxylic acid groups (broad SMARTS) is 1. The third-order valence-corrected chi connectivity index (χ3v) is 7.86. The molecule has 9 heteroatoms. The minimum Gasteiger partial charge on any atom is -0.481 e. The topological polar surface area (TPSA) is 60.9 Å². The van der Waals surface area contributed by atoms with Gasteiger partial charge in [0.1, 0.15) is 0 Å². The van der Waals surface area contributed by atoms with E-state index in [-0.39, 0.29) is 43.9 Å². The molecule has 4 rings (SSSR count). The third kappa shape index (κ3) is 5.53. The van der Waals surface area contributed by atoms with E-state index >= 15 is 0 Å². The highest BCUT2D eigenvalue weighted by molar-refractivity contribution is 6.30. The zero-order chi connectivity index (χ0) is 26.3. The highest BCUT2D eigenvalue weighted by Gasteiger charge is 2.53. The SMILES string of the molecule is CC[C@@H](CN1CC(F)(F)C1)N1C(=O)[C@](C)(CC(=O)O)C[C@H](c2cccc(Cl)c2)[C@H]1c1ccc(Cl)cc1. The van der Waals surface area contributed by atoms with E-state index in [2.05, 4.69) is 0 Å². The molecule has 2 aromatic carbocycles. The van der Waals surface area contributed by atoms with E-state index in [9.17, 15) is 23.5 Å². The van der Waals surface area contributed by atoms with Crippen LogP contribution in [0.15, 0.2) is 48.5 Å². The molecule has 2 aliphatic rings. The summed E-state index contributed by atoms with van der Waals surface area (Å²) >= 11 is 12.5. The standard InChI is InChI=1S/C27H30Cl2F2N2O3/c1-3-21(14-32-15-27(30,31)16-32)33-24(17-7-9-19(28)10-8-17)22(18-5-4-6-20(29)11-18)12-26(2,25(33)36)13-23(34)35/h4-11,21-22,24H,3,12-16H2,1-2H3,(H,34,35)/t21-,22+,24+,26-/m0/s1. The number of piperidine rings is 1. The van der Waals surface area contributed by atoms with Crippen LogP contribution in [-0.2, 0) is 9.59 Å². The van der Waals surface area contributed by atoms with Gasteiger partial charge in [0.25, 0.3) is 5.92 Å². The molecule has 0 unspecified atom stereocenters. The molecule has 2 saturated heterocycles. The highest BCUT2D eigenvalue weighted by atomic mass is 35.5. The number of hydrogen-bond donors (Lipinski definition) is 1. The van der Waals surface area contributed by atoms with Gasteiger partial charge >= 0.3 is 5.97 Å². The number of alkyl halides is 2. The Hall–Kier alpha value is -2.22. The number of hydrogen-bond acceptors (Lipinski definition) is 3. The van der Waals surface area contributed by atoms with Gasteiger partial charge in [-0.2, -0.15) is 0 Å². The van der Waals surface area contributed by atoms with Crippen molar-refractivity contribution in [2.45, 2.75) is 57.0 Å². The molecule has 2 aromatic rings. The summed E-state index contributed by atoms with van der Waals surface area (Å²) in [6, 6.07) is 13.8. The number of likely N-dealkylation sites (tertiary alicyclic amines) is 2. The van der Waals surface area contributed by atoms with Crippen molar-refractivity contribution in [3.8, 4) is 0 Å². The lowest BCUT2D eigenvalue weighted by atomic mass is 9.67. The number of rotatable bonds is 8. The summed E-state index contributed by atoms with van der Waals surface area (Å²) in [4.78, 5) is 29.4. The molecule has 0 saturated carbocycles. The number of halogens is 4. The van der Waals surface area contributed by atoms with Crippen molar-refractivity contribution >= 4 is 35.1 Å². The number of benzene rings is 2. The smallest absolute Gasteiger partial charge is 0.304 e. The van der Waals surface area contributed by atoms with Crippen molar-refractivity contribution in [3.05, 3.63) is 69.7 Å². The first-order chi connectivity index (χ1) is 16.9. The molecule has 1 amide bonds. The highest BCUT2D eigenvalue weighted by Crippen LogP contribution is 2.52. The summed E-state index contributed by atoms with van der Waals surface area (Å²) in [6.07, 6.45) is 0.509. The predicted octanol–water partition coefficient (Wildman–Crippen LogP) is 6.26. The fraction of sp³-hybridized carbons (Fsp3) is 0.481. The zero-order valence-corrected chi connectivity index (χ0v) is 21.8. The van der Waals surface area contributed by atoms with Crippen LogP contribution in [-0.4, -0.2) is 58.4 Å². The van der Waals surface area contributed by atoms with E-state index < -0.39 is 23.3 Å². The van der Waals surface area contributed by atoms with Crippen LogP contribution in [0.3, 0.4) is 0 Å². The van der Waals surface area contributed by atoms with Crippen LogP contribution in [0.4, 0.5) is 8.78 Å². The fourth-order valence-corrected chi connectivity index (χ4v) is 6.05. The number of carbonyl (C=O) groups excluding carboxylic acids is 1. The van der Waals surface area contributed by atoms with Gasteiger partial charge in [0.05, 0.1) is 31.0 Å². The Labute approximate surface area is 220 Å². The summed E-state index contributed by atoms with van der Waals surface area (Å²) in [5.41, 5.74) is 0.568. The van der Waals surface area contributed by atoms with Crippen molar-refractivity contribution in [1.82, 2.24) is 9.80 Å². The molecule has 36 heavy (non-hydrogen) atoms. The first kappa shape index (κ1) is 26.8. The second kappa shape index (κ2) is 10.3. The quantitative estimate of drug-likeness (QED) is 0.430. The van der Waals surface area contributed by atoms with Crippen LogP contribution in [0.2, 0.25) is 10.0 Å². The van der Waals surface area contributed by atoms with Crippen molar-refractivity contribution in [3.63, 3.8) is 0 Å². The van der Waals surface area contributed by atoms with E-state index in [1.807, 2.05) is 37.3 Å². The molecule has 5 nitrogen and oxygen atoms in total. The van der Waals surface area contributed by atoms with Crippen LogP contribution in [0, 0.1) is 5.41 Å². The summed E-state index contributed by atoms with van der Waals surface area (Å²) < 4.78 is 27.2. The Bertz CT molecular complexity index is 1120. The average molecular weight is 539 g/mol. The number of carbonyl (C=O) groups is 2. The molecule has 2 fully saturated rings. The molecule has 4 atom stereocenters. The van der Waals surface area contributed by atoms with Crippen molar-refractivity contribution in [2.75, 3.05) is 19.6 Å². The molecule has 194 valence electrons. The summed E-state index contributed by atoms with van der Waals surface area (Å²) in [7, 11) is 0. The lowest BCUT2D eigenvalue weighted by Crippen LogP contribution is -2.62. The Kier molecular flexibility index (Phi) is 7.65. The van der Waals surface area contributed by atoms with E-state index in [1.54, 1.807) is 34.9 Å². The molecule has 2 heterocycles. The van der Waals surface area contributed by atoms with Gasteiger partial charge < -0.3 is 10.0 Å². The monoisotopic (exact) mass is 538 g/mol. The maximum absolute atomic E-state index is 14.1. The van der Waals surface area contributed by atoms with Gasteiger partial charge in [0.15, 0.2) is 0 Å². The van der Waals surface area contributed by atoms with Crippen molar-refractivity contribution in [1.29, 1.82) is 0 Å². The van der Waals surface area contributed by atoms with Crippen LogP contribution >= 0.6 is 23.2 Å². The number of carboxylic acids is 1. The Balaban J connectivity index is 1.83. The third-order valence-electron chi connectivity index (χ3n) is 7.38. The minimum atomic E-state index is -2.72. The van der Waals surface area contributed by atoms with Gasteiger partial charge in [-0.05, 0) is 48.2 Å². The van der Waals surface area contributed by atoms with Crippen LogP contribution < -0.4 is 0 Å². The Morgan fingerprint density at radius 2 is 1.78 bits per heavy atom. The van der Waals surface area contributed by atoms with Gasteiger partial charge in [0.2, 0.25) is 5.91 Å². The van der Waals surface area contributed by atoms with Crippen molar-refractivity contribution in [2.24, 2.45) is 5.41 Å². The molecule has 0 aromatic heterocycles. The second-order valence-electron chi connectivity index (χ2n) is 10.3. The molecule has 0 radical (unpaired) electrons. The van der Waals surface area contributed by atoms with Crippen LogP contribution in [0.25, 0.3) is 0 Å². The number of nitrogens with zero attached hydrogens (tertiary/aromatic N) is 2. The zero-order valence-electron chi connectivity index (χ0n) is 20.3. The van der Waals surface area contributed by atoms with Gasteiger partial charge in [-0.15, -0.1) is 0 Å². The molecule has 0 aliphatic carbocycles. The predicted molar refractivity (Wildman–Crippen MR) is 136 cm³/mol. The van der Waals surface area contributed by atoms with E-state index in [4.69, 9.17) is 23.2 Å². The molecule has 2 aliphatic heterocycles. The average Bonchev–Trinajstić information content (AvgIpc) is 2.78. The first-order valence-electron chi connectivity index (χ1n) is 12.1. The van der Waals surface area contributed by atoms with E-state index in [0.717, 1.165) is 11.1 Å². The maximum Gasteiger partial charge on any atom is 0.304 e. The first-order valence-corrected chi connectivity index (χ1v) is 12.8. The summed E-state index contributed by atoms with van der Waals surface area (Å²) in [5, 5.41) is 10.8. The lowest BCUT2D eigenvalue weighted by Gasteiger charge is -2.53. The molecule has 1 N–H and O–H groups in total. The maximum atomic E-state index is 14.1. The number of amides is 1. The van der Waals surface area contributed by atoms with Crippen LogP contribution in [0.1, 0.15) is 56.2 Å². The second-order valence-corrected chi connectivity index (χ2v) is 11.2. The minimum absolute atomic E-state index is 0.265. The van der Waals surface area contributed by atoms with Crippen molar-refractivity contribution < 1.29 is 23.5 Å². The fourth-order valence-electron chi connectivity index (χ4n) is 5.73. The summed E-state index contributed by atoms with van der Waals surface area (Å²) in [5.74, 6) is -4.32. The molecule has 0 spiro atoms. The van der Waals surface area contributed by atoms with Gasteiger partial charge in [-0.25, -0.2) is 8.78 Å². The lowest BCUT2D eigenvalue weighted by molar-refractivity contribution is -0.165. The van der Waals surface area contributed by atoms with E-state index in [0.29, 0.717) is 22.9 Å². The number of aliphatic carboxylic acids is 1. The normalized spacial score (nSPS) is 26.9. The van der Waals surface area contributed by atoms with E-state index in [1.165, 1.54) is 0 Å².